The van der Waals surface area contributed by atoms with Crippen LogP contribution in [0.5, 0.6) is 0 Å². The number of aromatic nitrogens is 6. The Morgan fingerprint density at radius 2 is 1.77 bits per heavy atom. The molecule has 4 aromatic rings. The Labute approximate surface area is 178 Å². The molecule has 2 N–H and O–H groups in total. The molecule has 0 aliphatic heterocycles. The molecule has 0 saturated heterocycles. The van der Waals surface area contributed by atoms with Crippen molar-refractivity contribution in [2.24, 2.45) is 0 Å². The highest BCUT2D eigenvalue weighted by molar-refractivity contribution is 5.90. The highest BCUT2D eigenvalue weighted by atomic mass is 16.1. The van der Waals surface area contributed by atoms with Crippen LogP contribution in [-0.4, -0.2) is 35.6 Å². The first-order chi connectivity index (χ1) is 14.9. The van der Waals surface area contributed by atoms with Gasteiger partial charge in [0.2, 0.25) is 5.91 Å². The van der Waals surface area contributed by atoms with Gasteiger partial charge in [0.1, 0.15) is 11.6 Å². The quantitative estimate of drug-likeness (QED) is 0.498. The van der Waals surface area contributed by atoms with Gasteiger partial charge in [-0.1, -0.05) is 12.1 Å². The zero-order valence-electron chi connectivity index (χ0n) is 17.6. The number of nitrogens with one attached hydrogen (secondary N) is 2. The summed E-state index contributed by atoms with van der Waals surface area (Å²) in [5.74, 6) is 1.35. The molecule has 0 fully saturated rings. The maximum absolute atomic E-state index is 12.5. The predicted molar refractivity (Wildman–Crippen MR) is 117 cm³/mol. The van der Waals surface area contributed by atoms with Crippen molar-refractivity contribution in [1.29, 1.82) is 0 Å². The number of rotatable bonds is 6. The number of carbonyl (C=O) groups is 1. The highest BCUT2D eigenvalue weighted by Gasteiger charge is 2.14. The lowest BCUT2D eigenvalue weighted by Crippen LogP contribution is -2.17. The Hall–Kier alpha value is -3.88. The molecule has 0 aliphatic rings. The van der Waals surface area contributed by atoms with Crippen LogP contribution >= 0.6 is 0 Å². The third-order valence-corrected chi connectivity index (χ3v) is 4.74. The molecular formula is C22H23N7O2. The van der Waals surface area contributed by atoms with Crippen LogP contribution in [0.25, 0.3) is 16.9 Å². The first-order valence-corrected chi connectivity index (χ1v) is 10.1. The summed E-state index contributed by atoms with van der Waals surface area (Å²) in [4.78, 5) is 40.8. The van der Waals surface area contributed by atoms with Crippen molar-refractivity contribution in [3.05, 3.63) is 69.7 Å². The highest BCUT2D eigenvalue weighted by Crippen LogP contribution is 2.16. The standard InChI is InChI=1S/C22H23N7O2/c1-13-11-14(2)24-22(23-13)29-19(12-15(3)28-29)27-20(30)10-6-9-18-25-17-8-5-4-7-16(17)21(31)26-18/h4-5,7-8,11-12H,6,9-10H2,1-3H3,(H,27,30)(H,25,26,31). The van der Waals surface area contributed by atoms with E-state index < -0.39 is 0 Å². The van der Waals surface area contributed by atoms with Crippen LogP contribution in [0.4, 0.5) is 5.82 Å². The van der Waals surface area contributed by atoms with Crippen molar-refractivity contribution in [3.63, 3.8) is 0 Å². The largest absolute Gasteiger partial charge is 0.310 e. The Balaban J connectivity index is 1.42. The van der Waals surface area contributed by atoms with E-state index in [0.717, 1.165) is 17.1 Å². The molecule has 1 amide bonds. The van der Waals surface area contributed by atoms with Gasteiger partial charge in [0.15, 0.2) is 0 Å². The number of para-hydroxylation sites is 1. The van der Waals surface area contributed by atoms with E-state index in [-0.39, 0.29) is 17.9 Å². The van der Waals surface area contributed by atoms with Crippen molar-refractivity contribution in [2.45, 2.75) is 40.0 Å². The molecule has 3 heterocycles. The molecule has 9 heteroatoms. The average Bonchev–Trinajstić information content (AvgIpc) is 3.07. The monoisotopic (exact) mass is 417 g/mol. The molecule has 31 heavy (non-hydrogen) atoms. The molecule has 3 aromatic heterocycles. The van der Waals surface area contributed by atoms with Gasteiger partial charge in [-0.05, 0) is 45.4 Å². The molecular weight excluding hydrogens is 394 g/mol. The average molecular weight is 417 g/mol. The minimum Gasteiger partial charge on any atom is -0.310 e. The summed E-state index contributed by atoms with van der Waals surface area (Å²) in [5.41, 5.74) is 2.88. The van der Waals surface area contributed by atoms with Gasteiger partial charge in [-0.3, -0.25) is 9.59 Å². The fourth-order valence-corrected chi connectivity index (χ4v) is 3.42. The van der Waals surface area contributed by atoms with Crippen molar-refractivity contribution in [1.82, 2.24) is 29.7 Å². The molecule has 0 unspecified atom stereocenters. The number of amides is 1. The second-order valence-electron chi connectivity index (χ2n) is 7.46. The maximum atomic E-state index is 12.5. The van der Waals surface area contributed by atoms with E-state index in [0.29, 0.717) is 41.3 Å². The number of benzene rings is 1. The maximum Gasteiger partial charge on any atom is 0.258 e. The molecule has 1 aromatic carbocycles. The van der Waals surface area contributed by atoms with E-state index in [1.807, 2.05) is 32.9 Å². The van der Waals surface area contributed by atoms with E-state index in [1.54, 1.807) is 24.3 Å². The third-order valence-electron chi connectivity index (χ3n) is 4.74. The van der Waals surface area contributed by atoms with Crippen molar-refractivity contribution in [2.75, 3.05) is 5.32 Å². The van der Waals surface area contributed by atoms with Crippen LogP contribution in [0.2, 0.25) is 0 Å². The van der Waals surface area contributed by atoms with Crippen LogP contribution < -0.4 is 10.9 Å². The van der Waals surface area contributed by atoms with E-state index >= 15 is 0 Å². The Kier molecular flexibility index (Phi) is 5.57. The first-order valence-electron chi connectivity index (χ1n) is 10.1. The predicted octanol–water partition coefficient (Wildman–Crippen LogP) is 2.79. The Morgan fingerprint density at radius 1 is 1.03 bits per heavy atom. The molecule has 0 spiro atoms. The molecule has 0 atom stereocenters. The van der Waals surface area contributed by atoms with E-state index in [2.05, 4.69) is 30.4 Å². The summed E-state index contributed by atoms with van der Waals surface area (Å²) in [7, 11) is 0. The van der Waals surface area contributed by atoms with Gasteiger partial charge in [0, 0.05) is 30.3 Å². The van der Waals surface area contributed by atoms with E-state index in [9.17, 15) is 9.59 Å². The lowest BCUT2D eigenvalue weighted by Gasteiger charge is -2.09. The molecule has 0 bridgehead atoms. The van der Waals surface area contributed by atoms with Gasteiger partial charge < -0.3 is 10.3 Å². The van der Waals surface area contributed by atoms with Crippen LogP contribution in [0, 0.1) is 20.8 Å². The Morgan fingerprint density at radius 3 is 2.55 bits per heavy atom. The minimum atomic E-state index is -0.169. The molecule has 9 nitrogen and oxygen atoms in total. The number of aryl methyl sites for hydroxylation is 4. The minimum absolute atomic E-state index is 0.159. The summed E-state index contributed by atoms with van der Waals surface area (Å²) in [6.07, 6.45) is 1.31. The van der Waals surface area contributed by atoms with Crippen molar-refractivity contribution in [3.8, 4) is 5.95 Å². The second kappa shape index (κ2) is 8.47. The zero-order chi connectivity index (χ0) is 22.0. The van der Waals surface area contributed by atoms with Gasteiger partial charge in [-0.15, -0.1) is 0 Å². The molecule has 0 aliphatic carbocycles. The van der Waals surface area contributed by atoms with Gasteiger partial charge >= 0.3 is 0 Å². The third kappa shape index (κ3) is 4.66. The number of H-pyrrole nitrogens is 1. The number of carbonyl (C=O) groups excluding carboxylic acids is 1. The van der Waals surface area contributed by atoms with E-state index in [4.69, 9.17) is 0 Å². The smallest absolute Gasteiger partial charge is 0.258 e. The summed E-state index contributed by atoms with van der Waals surface area (Å²) in [6.45, 7) is 5.62. The first kappa shape index (κ1) is 20.4. The molecule has 158 valence electrons. The zero-order valence-corrected chi connectivity index (χ0v) is 17.6. The van der Waals surface area contributed by atoms with Gasteiger partial charge in [0.05, 0.1) is 16.6 Å². The number of nitrogens with zero attached hydrogens (tertiary/aromatic N) is 5. The van der Waals surface area contributed by atoms with Crippen LogP contribution in [0.3, 0.4) is 0 Å². The number of hydrogen-bond acceptors (Lipinski definition) is 6. The van der Waals surface area contributed by atoms with Crippen LogP contribution in [0.15, 0.2) is 41.2 Å². The van der Waals surface area contributed by atoms with Crippen LogP contribution in [-0.2, 0) is 11.2 Å². The lowest BCUT2D eigenvalue weighted by molar-refractivity contribution is -0.116. The van der Waals surface area contributed by atoms with Gasteiger partial charge in [-0.2, -0.15) is 9.78 Å². The van der Waals surface area contributed by atoms with Crippen LogP contribution in [0.1, 0.15) is 35.7 Å². The number of fused-ring (bicyclic) bond motifs is 1. The van der Waals surface area contributed by atoms with Crippen molar-refractivity contribution < 1.29 is 4.79 Å². The molecule has 0 radical (unpaired) electrons. The van der Waals surface area contributed by atoms with Gasteiger partial charge in [-0.25, -0.2) is 15.0 Å². The number of hydrogen-bond donors (Lipinski definition) is 2. The normalized spacial score (nSPS) is 11.1. The second-order valence-corrected chi connectivity index (χ2v) is 7.46. The Bertz CT molecular complexity index is 1300. The van der Waals surface area contributed by atoms with Crippen molar-refractivity contribution >= 4 is 22.6 Å². The summed E-state index contributed by atoms with van der Waals surface area (Å²) in [6, 6.07) is 10.8. The fourth-order valence-electron chi connectivity index (χ4n) is 3.42. The topological polar surface area (TPSA) is 118 Å². The van der Waals surface area contributed by atoms with E-state index in [1.165, 1.54) is 4.68 Å². The summed E-state index contributed by atoms with van der Waals surface area (Å²) >= 11 is 0. The fraction of sp³-hybridized carbons (Fsp3) is 0.273. The molecule has 0 saturated carbocycles. The van der Waals surface area contributed by atoms with Gasteiger partial charge in [0.25, 0.3) is 11.5 Å². The number of anilines is 1. The molecule has 4 rings (SSSR count). The SMILES string of the molecule is Cc1cc(C)nc(-n2nc(C)cc2NC(=O)CCCc2nc3ccccc3c(=O)[nH]2)n1. The summed E-state index contributed by atoms with van der Waals surface area (Å²) < 4.78 is 1.54. The lowest BCUT2D eigenvalue weighted by atomic mass is 10.2. The summed E-state index contributed by atoms with van der Waals surface area (Å²) in [5, 5.41) is 7.85. The number of aromatic amines is 1.